The molecule has 5 N–H and O–H groups in total. The molecule has 11 nitrogen and oxygen atoms in total. The van der Waals surface area contributed by atoms with Gasteiger partial charge in [-0.3, -0.25) is 24.0 Å². The van der Waals surface area contributed by atoms with Gasteiger partial charge in [-0.25, -0.2) is 0 Å². The number of ketones is 1. The molecule has 0 radical (unpaired) electrons. The van der Waals surface area contributed by atoms with Gasteiger partial charge in [-0.2, -0.15) is 0 Å². The second kappa shape index (κ2) is 17.2. The second-order valence-electron chi connectivity index (χ2n) is 10.4. The normalized spacial score (nSPS) is 14.7. The molecule has 0 bridgehead atoms. The zero-order valence-corrected chi connectivity index (χ0v) is 25.0. The summed E-state index contributed by atoms with van der Waals surface area (Å²) in [4.78, 5) is 64.3. The summed E-state index contributed by atoms with van der Waals surface area (Å²) in [6.45, 7) is 1.04. The smallest absolute Gasteiger partial charge is 0.325 e. The molecule has 1 aliphatic rings. The lowest BCUT2D eigenvalue weighted by Crippen LogP contribution is -2.56. The molecule has 0 heterocycles. The number of Topliss-reactive ketones (excluding diaryl/α,β-unsaturated/α-hetero) is 1. The van der Waals surface area contributed by atoms with Crippen LogP contribution in [0.3, 0.4) is 0 Å². The number of hydrogen-bond acceptors (Lipinski definition) is 8. The van der Waals surface area contributed by atoms with Crippen LogP contribution in [-0.4, -0.2) is 61.3 Å². The van der Waals surface area contributed by atoms with Crippen LogP contribution in [-0.2, 0) is 35.3 Å². The Balaban J connectivity index is 1.76. The molecule has 232 valence electrons. The van der Waals surface area contributed by atoms with Crippen molar-refractivity contribution >= 4 is 46.8 Å². The molecule has 0 spiro atoms. The van der Waals surface area contributed by atoms with Crippen LogP contribution >= 0.6 is 11.6 Å². The number of nitrogens with two attached hydrogens (primary N) is 1. The van der Waals surface area contributed by atoms with Gasteiger partial charge >= 0.3 is 5.97 Å². The van der Waals surface area contributed by atoms with Crippen LogP contribution in [0.1, 0.15) is 61.4 Å². The molecular weight excluding hydrogens is 576 g/mol. The third kappa shape index (κ3) is 11.0. The molecule has 2 atom stereocenters. The predicted octanol–water partition coefficient (Wildman–Crippen LogP) is 2.94. The average Bonchev–Trinajstić information content (AvgIpc) is 3.01. The van der Waals surface area contributed by atoms with Gasteiger partial charge in [-0.15, -0.1) is 0 Å². The van der Waals surface area contributed by atoms with Crippen LogP contribution in [0.4, 0.5) is 5.69 Å². The first-order chi connectivity index (χ1) is 20.7. The lowest BCUT2D eigenvalue weighted by Gasteiger charge is -2.28. The van der Waals surface area contributed by atoms with Gasteiger partial charge in [0.25, 0.3) is 11.8 Å². The van der Waals surface area contributed by atoms with E-state index in [9.17, 15) is 24.0 Å². The summed E-state index contributed by atoms with van der Waals surface area (Å²) in [6.07, 6.45) is 5.33. The van der Waals surface area contributed by atoms with Gasteiger partial charge in [0.05, 0.1) is 30.5 Å². The minimum absolute atomic E-state index is 0.116. The van der Waals surface area contributed by atoms with Crippen molar-refractivity contribution in [1.29, 1.82) is 0 Å². The molecule has 12 heteroatoms. The Morgan fingerprint density at radius 2 is 1.70 bits per heavy atom. The summed E-state index contributed by atoms with van der Waals surface area (Å²) >= 11 is 6.00. The maximum atomic E-state index is 13.6. The quantitative estimate of drug-likeness (QED) is 0.135. The lowest BCUT2D eigenvalue weighted by molar-refractivity contribution is -0.146. The SMILES string of the molecule is CCOC(=O)CNC(=O)C(=O)[C@H](COCc1ccccc1)NC(=O)[C@H](CC1CCCCC1)NC(=O)c1ccc(Cl)c(N)c1. The molecule has 43 heavy (non-hydrogen) atoms. The van der Waals surface area contributed by atoms with E-state index in [-0.39, 0.29) is 37.0 Å². The van der Waals surface area contributed by atoms with Gasteiger partial charge in [-0.05, 0) is 43.0 Å². The maximum absolute atomic E-state index is 13.6. The third-order valence-corrected chi connectivity index (χ3v) is 7.47. The number of ether oxygens (including phenoxy) is 2. The van der Waals surface area contributed by atoms with Crippen molar-refractivity contribution < 1.29 is 33.4 Å². The summed E-state index contributed by atoms with van der Waals surface area (Å²) in [6, 6.07) is 11.2. The fourth-order valence-electron chi connectivity index (χ4n) is 4.85. The Kier molecular flexibility index (Phi) is 13.4. The number of rotatable bonds is 15. The maximum Gasteiger partial charge on any atom is 0.325 e. The molecule has 1 saturated carbocycles. The van der Waals surface area contributed by atoms with E-state index < -0.39 is 48.1 Å². The lowest BCUT2D eigenvalue weighted by atomic mass is 9.84. The highest BCUT2D eigenvalue weighted by molar-refractivity contribution is 6.38. The van der Waals surface area contributed by atoms with E-state index in [1.54, 1.807) is 6.92 Å². The Labute approximate surface area is 256 Å². The number of carbonyl (C=O) groups is 5. The molecule has 1 fully saturated rings. The highest BCUT2D eigenvalue weighted by Crippen LogP contribution is 2.28. The van der Waals surface area contributed by atoms with E-state index in [4.69, 9.17) is 26.8 Å². The molecule has 0 aliphatic heterocycles. The van der Waals surface area contributed by atoms with Gasteiger partial charge < -0.3 is 31.2 Å². The van der Waals surface area contributed by atoms with Crippen LogP contribution < -0.4 is 21.7 Å². The minimum Gasteiger partial charge on any atom is -0.465 e. The first kappa shape index (κ1) is 33.5. The van der Waals surface area contributed by atoms with Crippen LogP contribution in [0.15, 0.2) is 48.5 Å². The van der Waals surface area contributed by atoms with Crippen molar-refractivity contribution in [1.82, 2.24) is 16.0 Å². The van der Waals surface area contributed by atoms with E-state index in [2.05, 4.69) is 16.0 Å². The standard InChI is InChI=1S/C31H39ClN4O7/c1-2-43-27(37)17-34-31(41)28(38)26(19-42-18-21-11-7-4-8-12-21)36-30(40)25(15-20-9-5-3-6-10-20)35-29(39)22-13-14-23(32)24(33)16-22/h4,7-8,11-14,16,20,25-26H,2-3,5-6,9-10,15,17-19,33H2,1H3,(H,34,41)(H,35,39)(H,36,40)/t25-,26-/m0/s1. The predicted molar refractivity (Wildman–Crippen MR) is 161 cm³/mol. The van der Waals surface area contributed by atoms with E-state index in [1.807, 2.05) is 30.3 Å². The Morgan fingerprint density at radius 1 is 0.977 bits per heavy atom. The van der Waals surface area contributed by atoms with Crippen molar-refractivity contribution in [3.63, 3.8) is 0 Å². The number of benzene rings is 2. The van der Waals surface area contributed by atoms with Gasteiger partial charge in [0.1, 0.15) is 18.6 Å². The molecule has 3 amide bonds. The van der Waals surface area contributed by atoms with Crippen molar-refractivity contribution in [2.45, 2.75) is 64.1 Å². The van der Waals surface area contributed by atoms with E-state index in [0.29, 0.717) is 11.4 Å². The zero-order valence-electron chi connectivity index (χ0n) is 24.2. The van der Waals surface area contributed by atoms with E-state index in [1.165, 1.54) is 18.2 Å². The van der Waals surface area contributed by atoms with Crippen LogP contribution in [0.25, 0.3) is 0 Å². The first-order valence-electron chi connectivity index (χ1n) is 14.4. The summed E-state index contributed by atoms with van der Waals surface area (Å²) < 4.78 is 10.5. The van der Waals surface area contributed by atoms with Crippen molar-refractivity contribution in [2.24, 2.45) is 5.92 Å². The Bertz CT molecular complexity index is 1270. The zero-order chi connectivity index (χ0) is 31.2. The highest BCUT2D eigenvalue weighted by Gasteiger charge is 2.32. The van der Waals surface area contributed by atoms with Gasteiger partial charge in [-0.1, -0.05) is 74.0 Å². The third-order valence-electron chi connectivity index (χ3n) is 7.13. The van der Waals surface area contributed by atoms with Crippen LogP contribution in [0.2, 0.25) is 5.02 Å². The molecule has 2 aromatic carbocycles. The summed E-state index contributed by atoms with van der Waals surface area (Å²) in [5.41, 5.74) is 7.14. The highest BCUT2D eigenvalue weighted by atomic mass is 35.5. The average molecular weight is 615 g/mol. The molecule has 1 aliphatic carbocycles. The number of nitrogens with one attached hydrogen (secondary N) is 3. The van der Waals surface area contributed by atoms with Crippen molar-refractivity contribution in [3.8, 4) is 0 Å². The number of amides is 3. The van der Waals surface area contributed by atoms with Crippen molar-refractivity contribution in [2.75, 3.05) is 25.5 Å². The molecule has 0 aromatic heterocycles. The number of hydrogen-bond donors (Lipinski definition) is 4. The van der Waals surface area contributed by atoms with Gasteiger partial charge in [0.2, 0.25) is 11.7 Å². The monoisotopic (exact) mass is 614 g/mol. The van der Waals surface area contributed by atoms with Crippen LogP contribution in [0.5, 0.6) is 0 Å². The summed E-state index contributed by atoms with van der Waals surface area (Å²) in [7, 11) is 0. The number of nitrogen functional groups attached to an aromatic ring is 1. The first-order valence-corrected chi connectivity index (χ1v) is 14.8. The minimum atomic E-state index is -1.38. The van der Waals surface area contributed by atoms with Gasteiger partial charge in [0.15, 0.2) is 0 Å². The Morgan fingerprint density at radius 3 is 2.37 bits per heavy atom. The number of halogens is 1. The molecular formula is C31H39ClN4O7. The number of carbonyl (C=O) groups excluding carboxylic acids is 5. The number of esters is 1. The fraction of sp³-hybridized carbons (Fsp3) is 0.452. The summed E-state index contributed by atoms with van der Waals surface area (Å²) in [5, 5.41) is 7.91. The number of anilines is 1. The summed E-state index contributed by atoms with van der Waals surface area (Å²) in [5.74, 6) is -3.76. The molecule has 0 saturated heterocycles. The second-order valence-corrected chi connectivity index (χ2v) is 10.8. The fourth-order valence-corrected chi connectivity index (χ4v) is 4.97. The molecule has 0 unspecified atom stereocenters. The van der Waals surface area contributed by atoms with E-state index >= 15 is 0 Å². The van der Waals surface area contributed by atoms with Crippen molar-refractivity contribution in [3.05, 3.63) is 64.7 Å². The molecule has 2 aromatic rings. The molecule has 3 rings (SSSR count). The Hall–Kier alpha value is -3.96. The largest absolute Gasteiger partial charge is 0.465 e. The topological polar surface area (TPSA) is 166 Å². The van der Waals surface area contributed by atoms with Gasteiger partial charge in [0, 0.05) is 5.56 Å². The van der Waals surface area contributed by atoms with Crippen LogP contribution in [0, 0.1) is 5.92 Å². The van der Waals surface area contributed by atoms with E-state index in [0.717, 1.165) is 37.7 Å².